The molecule has 0 bridgehead atoms. The maximum atomic E-state index is 12.6. The second kappa shape index (κ2) is 7.49. The summed E-state index contributed by atoms with van der Waals surface area (Å²) in [6.07, 6.45) is 0.131. The molecule has 2 atom stereocenters. The molecule has 0 saturated carbocycles. The Morgan fingerprint density at radius 3 is 2.28 bits per heavy atom. The number of rotatable bonds is 3. The summed E-state index contributed by atoms with van der Waals surface area (Å²) in [6.45, 7) is 0.894. The van der Waals surface area contributed by atoms with Gasteiger partial charge in [0.1, 0.15) is 0 Å². The van der Waals surface area contributed by atoms with E-state index >= 15 is 0 Å². The molecule has 0 aliphatic carbocycles. The molecule has 0 spiro atoms. The molecule has 1 saturated heterocycles. The van der Waals surface area contributed by atoms with Crippen molar-refractivity contribution >= 4 is 11.9 Å². The summed E-state index contributed by atoms with van der Waals surface area (Å²) in [6, 6.07) is 16.3. The van der Waals surface area contributed by atoms with Crippen molar-refractivity contribution in [3.8, 4) is 0 Å². The third kappa shape index (κ3) is 3.72. The van der Waals surface area contributed by atoms with Gasteiger partial charge in [0.05, 0.1) is 18.8 Å². The van der Waals surface area contributed by atoms with Gasteiger partial charge in [-0.3, -0.25) is 4.79 Å². The number of β-amino-alcohol motifs (C(OH)–C–C–N with tert-alkyl or cyclic N) is 1. The van der Waals surface area contributed by atoms with Crippen LogP contribution in [0.3, 0.4) is 0 Å². The average Bonchev–Trinajstić information content (AvgIpc) is 2.67. The van der Waals surface area contributed by atoms with Crippen molar-refractivity contribution in [2.24, 2.45) is 0 Å². The zero-order chi connectivity index (χ0) is 17.8. The predicted molar refractivity (Wildman–Crippen MR) is 93.5 cm³/mol. The van der Waals surface area contributed by atoms with Crippen molar-refractivity contribution in [1.82, 2.24) is 4.90 Å². The average molecular weight is 339 g/mol. The van der Waals surface area contributed by atoms with Crippen LogP contribution >= 0.6 is 0 Å². The van der Waals surface area contributed by atoms with E-state index in [1.165, 1.54) is 7.11 Å². The smallest absolute Gasteiger partial charge is 0.337 e. The molecule has 130 valence electrons. The van der Waals surface area contributed by atoms with E-state index in [9.17, 15) is 14.7 Å². The van der Waals surface area contributed by atoms with Crippen molar-refractivity contribution in [2.75, 3.05) is 20.2 Å². The summed E-state index contributed by atoms with van der Waals surface area (Å²) in [5.41, 5.74) is 2.00. The number of likely N-dealkylation sites (tertiary alicyclic amines) is 1. The molecule has 0 aromatic heterocycles. The van der Waals surface area contributed by atoms with Crippen LogP contribution in [0.4, 0.5) is 0 Å². The lowest BCUT2D eigenvalue weighted by Gasteiger charge is -2.36. The van der Waals surface area contributed by atoms with Crippen LogP contribution in [0.1, 0.15) is 38.6 Å². The molecule has 1 aliphatic heterocycles. The topological polar surface area (TPSA) is 66.8 Å². The number of aliphatic hydroxyl groups is 1. The number of ether oxygens (including phenoxy) is 1. The monoisotopic (exact) mass is 339 g/mol. The van der Waals surface area contributed by atoms with Crippen molar-refractivity contribution in [3.63, 3.8) is 0 Å². The Morgan fingerprint density at radius 1 is 1.04 bits per heavy atom. The lowest BCUT2D eigenvalue weighted by atomic mass is 9.87. The molecule has 1 amide bonds. The van der Waals surface area contributed by atoms with E-state index in [0.29, 0.717) is 24.2 Å². The summed E-state index contributed by atoms with van der Waals surface area (Å²) >= 11 is 0. The first-order valence-electron chi connectivity index (χ1n) is 8.31. The maximum Gasteiger partial charge on any atom is 0.337 e. The standard InChI is InChI=1S/C20H21NO4/c1-25-20(24)16-9-7-15(8-10-16)19(23)21-12-11-17(18(22)13-21)14-5-3-2-4-6-14/h2-10,17-18,22H,11-13H2,1H3/t17-,18+/m0/s1. The number of piperidine rings is 1. The van der Waals surface area contributed by atoms with Crippen LogP contribution in [0.2, 0.25) is 0 Å². The Labute approximate surface area is 146 Å². The summed E-state index contributed by atoms with van der Waals surface area (Å²) in [5, 5.41) is 10.5. The van der Waals surface area contributed by atoms with E-state index in [4.69, 9.17) is 0 Å². The largest absolute Gasteiger partial charge is 0.465 e. The van der Waals surface area contributed by atoms with Crippen molar-refractivity contribution in [2.45, 2.75) is 18.4 Å². The van der Waals surface area contributed by atoms with Crippen LogP contribution in [0.25, 0.3) is 0 Å². The number of aliphatic hydroxyl groups excluding tert-OH is 1. The summed E-state index contributed by atoms with van der Waals surface area (Å²) < 4.78 is 4.65. The Balaban J connectivity index is 1.67. The predicted octanol–water partition coefficient (Wildman–Crippen LogP) is 2.46. The third-order valence-corrected chi connectivity index (χ3v) is 4.65. The summed E-state index contributed by atoms with van der Waals surface area (Å²) in [5.74, 6) is -0.521. The normalized spacial score (nSPS) is 20.2. The first kappa shape index (κ1) is 17.2. The highest BCUT2D eigenvalue weighted by Gasteiger charge is 2.31. The number of benzene rings is 2. The number of hydrogen-bond donors (Lipinski definition) is 1. The highest BCUT2D eigenvalue weighted by molar-refractivity contribution is 5.96. The van der Waals surface area contributed by atoms with Gasteiger partial charge in [0.2, 0.25) is 0 Å². The van der Waals surface area contributed by atoms with E-state index in [1.54, 1.807) is 29.2 Å². The van der Waals surface area contributed by atoms with Gasteiger partial charge in [-0.05, 0) is 36.2 Å². The van der Waals surface area contributed by atoms with E-state index < -0.39 is 12.1 Å². The fourth-order valence-corrected chi connectivity index (χ4v) is 3.25. The number of carbonyl (C=O) groups is 2. The first-order valence-corrected chi connectivity index (χ1v) is 8.31. The molecule has 2 aromatic carbocycles. The van der Waals surface area contributed by atoms with E-state index in [2.05, 4.69) is 4.74 Å². The maximum absolute atomic E-state index is 12.6. The Kier molecular flexibility index (Phi) is 5.14. The van der Waals surface area contributed by atoms with Crippen molar-refractivity contribution in [1.29, 1.82) is 0 Å². The molecule has 3 rings (SSSR count). The van der Waals surface area contributed by atoms with Crippen LogP contribution in [0.15, 0.2) is 54.6 Å². The molecule has 0 radical (unpaired) electrons. The molecule has 0 unspecified atom stereocenters. The molecule has 1 aliphatic rings. The molecule has 1 fully saturated rings. The lowest BCUT2D eigenvalue weighted by Crippen LogP contribution is -2.45. The molecule has 1 N–H and O–H groups in total. The fourth-order valence-electron chi connectivity index (χ4n) is 3.25. The van der Waals surface area contributed by atoms with Crippen LogP contribution in [0, 0.1) is 0 Å². The van der Waals surface area contributed by atoms with Crippen molar-refractivity contribution < 1.29 is 19.4 Å². The van der Waals surface area contributed by atoms with E-state index in [0.717, 1.165) is 12.0 Å². The fraction of sp³-hybridized carbons (Fsp3) is 0.300. The minimum absolute atomic E-state index is 0.0481. The van der Waals surface area contributed by atoms with Gasteiger partial charge in [0.25, 0.3) is 5.91 Å². The molecule has 1 heterocycles. The second-order valence-corrected chi connectivity index (χ2v) is 6.19. The second-order valence-electron chi connectivity index (χ2n) is 6.19. The van der Waals surface area contributed by atoms with E-state index in [-0.39, 0.29) is 11.8 Å². The number of hydrogen-bond acceptors (Lipinski definition) is 4. The quantitative estimate of drug-likeness (QED) is 0.873. The Morgan fingerprint density at radius 2 is 1.68 bits per heavy atom. The highest BCUT2D eigenvalue weighted by atomic mass is 16.5. The highest BCUT2D eigenvalue weighted by Crippen LogP contribution is 2.29. The number of nitrogens with zero attached hydrogens (tertiary/aromatic N) is 1. The molecule has 5 heteroatoms. The minimum atomic E-state index is -0.588. The Bertz CT molecular complexity index is 742. The van der Waals surface area contributed by atoms with Crippen LogP contribution in [0.5, 0.6) is 0 Å². The summed E-state index contributed by atoms with van der Waals surface area (Å²) in [7, 11) is 1.32. The van der Waals surface area contributed by atoms with E-state index in [1.807, 2.05) is 30.3 Å². The summed E-state index contributed by atoms with van der Waals surface area (Å²) in [4.78, 5) is 25.8. The molecule has 2 aromatic rings. The van der Waals surface area contributed by atoms with Crippen LogP contribution in [-0.4, -0.2) is 48.2 Å². The van der Waals surface area contributed by atoms with Gasteiger partial charge in [0, 0.05) is 24.6 Å². The molecular formula is C20H21NO4. The molecule has 5 nitrogen and oxygen atoms in total. The van der Waals surface area contributed by atoms with Gasteiger partial charge in [-0.2, -0.15) is 0 Å². The van der Waals surface area contributed by atoms with Gasteiger partial charge in [-0.15, -0.1) is 0 Å². The van der Waals surface area contributed by atoms with Gasteiger partial charge in [-0.25, -0.2) is 4.79 Å². The molecular weight excluding hydrogens is 318 g/mol. The first-order chi connectivity index (χ1) is 12.1. The van der Waals surface area contributed by atoms with Gasteiger partial charge in [0.15, 0.2) is 0 Å². The zero-order valence-corrected chi connectivity index (χ0v) is 14.1. The minimum Gasteiger partial charge on any atom is -0.465 e. The SMILES string of the molecule is COC(=O)c1ccc(C(=O)N2CC[C@@H](c3ccccc3)[C@H](O)C2)cc1. The van der Waals surface area contributed by atoms with Crippen molar-refractivity contribution in [3.05, 3.63) is 71.3 Å². The van der Waals surface area contributed by atoms with Gasteiger partial charge >= 0.3 is 5.97 Å². The Hall–Kier alpha value is -2.66. The van der Waals surface area contributed by atoms with Crippen LogP contribution < -0.4 is 0 Å². The van der Waals surface area contributed by atoms with Gasteiger partial charge in [-0.1, -0.05) is 30.3 Å². The number of methoxy groups -OCH3 is 1. The molecule has 25 heavy (non-hydrogen) atoms. The number of esters is 1. The lowest BCUT2D eigenvalue weighted by molar-refractivity contribution is 0.0382. The van der Waals surface area contributed by atoms with Crippen LogP contribution in [-0.2, 0) is 4.74 Å². The third-order valence-electron chi connectivity index (χ3n) is 4.65. The zero-order valence-electron chi connectivity index (χ0n) is 14.1. The van der Waals surface area contributed by atoms with Gasteiger partial charge < -0.3 is 14.7 Å². The number of carbonyl (C=O) groups excluding carboxylic acids is 2. The number of amides is 1.